The molecule has 0 saturated heterocycles. The van der Waals surface area contributed by atoms with Crippen LogP contribution in [0, 0.1) is 4.77 Å². The Morgan fingerprint density at radius 1 is 1.19 bits per heavy atom. The molecule has 1 aliphatic heterocycles. The lowest BCUT2D eigenvalue weighted by Crippen LogP contribution is -2.23. The number of phenolic OH excluding ortho intramolecular Hbond substituents is 1. The van der Waals surface area contributed by atoms with E-state index in [4.69, 9.17) is 26.7 Å². The minimum atomic E-state index is -0.506. The van der Waals surface area contributed by atoms with Gasteiger partial charge < -0.3 is 19.7 Å². The number of benzene rings is 2. The van der Waals surface area contributed by atoms with Crippen LogP contribution >= 0.6 is 24.0 Å². The maximum Gasteiger partial charge on any atom is 0.264 e. The average molecular weight is 472 g/mol. The Kier molecular flexibility index (Phi) is 5.98. The summed E-state index contributed by atoms with van der Waals surface area (Å²) < 4.78 is 12.1. The topological polar surface area (TPSA) is 109 Å². The van der Waals surface area contributed by atoms with E-state index >= 15 is 0 Å². The summed E-state index contributed by atoms with van der Waals surface area (Å²) in [6, 6.07) is 11.1. The number of ether oxygens (including phenoxy) is 2. The highest BCUT2D eigenvalue weighted by molar-refractivity contribution is 7.99. The molecule has 2 heterocycles. The summed E-state index contributed by atoms with van der Waals surface area (Å²) >= 11 is 6.66. The molecule has 10 heteroatoms. The summed E-state index contributed by atoms with van der Waals surface area (Å²) in [5.74, 6) is 0.215. The molecule has 0 spiro atoms. The van der Waals surface area contributed by atoms with Crippen LogP contribution in [0.2, 0.25) is 0 Å². The number of methoxy groups -OCH3 is 2. The first-order chi connectivity index (χ1) is 15.3. The molecule has 32 heavy (non-hydrogen) atoms. The number of phenols is 1. The number of hydrogen-bond donors (Lipinski definition) is 3. The molecule has 0 aliphatic carbocycles. The average Bonchev–Trinajstić information content (AvgIpc) is 2.97. The van der Waals surface area contributed by atoms with Crippen molar-refractivity contribution in [3.8, 4) is 23.1 Å². The second kappa shape index (κ2) is 8.71. The van der Waals surface area contributed by atoms with Crippen LogP contribution in [0.5, 0.6) is 23.1 Å². The first-order valence-electron chi connectivity index (χ1n) is 9.64. The second-order valence-corrected chi connectivity index (χ2v) is 8.76. The van der Waals surface area contributed by atoms with Crippen LogP contribution in [0.3, 0.4) is 0 Å². The van der Waals surface area contributed by atoms with Crippen molar-refractivity contribution in [2.45, 2.75) is 16.6 Å². The van der Waals surface area contributed by atoms with Crippen LogP contribution in [-0.2, 0) is 7.05 Å². The number of rotatable bonds is 4. The van der Waals surface area contributed by atoms with E-state index in [2.05, 4.69) is 4.98 Å². The van der Waals surface area contributed by atoms with E-state index in [0.29, 0.717) is 17.8 Å². The van der Waals surface area contributed by atoms with Crippen molar-refractivity contribution in [2.75, 3.05) is 14.2 Å². The smallest absolute Gasteiger partial charge is 0.264 e. The summed E-state index contributed by atoms with van der Waals surface area (Å²) in [4.78, 5) is 21.0. The second-order valence-electron chi connectivity index (χ2n) is 7.13. The van der Waals surface area contributed by atoms with Crippen molar-refractivity contribution in [3.63, 3.8) is 0 Å². The van der Waals surface area contributed by atoms with Gasteiger partial charge in [-0.3, -0.25) is 19.3 Å². The van der Waals surface area contributed by atoms with Crippen molar-refractivity contribution >= 4 is 35.4 Å². The molecular formula is C22H21N3O5S2. The number of thioether (sulfide) groups is 1. The van der Waals surface area contributed by atoms with Gasteiger partial charge >= 0.3 is 0 Å². The number of para-hydroxylation sites is 1. The molecular weight excluding hydrogens is 450 g/mol. The number of aromatic amines is 1. The highest BCUT2D eigenvalue weighted by Gasteiger charge is 2.28. The predicted molar refractivity (Wildman–Crippen MR) is 126 cm³/mol. The molecule has 3 aromatic rings. The van der Waals surface area contributed by atoms with Gasteiger partial charge in [0.15, 0.2) is 16.3 Å². The molecule has 8 nitrogen and oxygen atoms in total. The lowest BCUT2D eigenvalue weighted by atomic mass is 10.0. The highest BCUT2D eigenvalue weighted by atomic mass is 32.2. The predicted octanol–water partition coefficient (Wildman–Crippen LogP) is 4.23. The number of nitrogens with one attached hydrogen (secondary N) is 1. The maximum atomic E-state index is 12.8. The van der Waals surface area contributed by atoms with Crippen LogP contribution in [-0.4, -0.2) is 39.7 Å². The molecule has 0 amide bonds. The fourth-order valence-electron chi connectivity index (χ4n) is 3.52. The van der Waals surface area contributed by atoms with Crippen molar-refractivity contribution in [1.29, 1.82) is 0 Å². The normalized spacial score (nSPS) is 15.5. The van der Waals surface area contributed by atoms with E-state index in [1.54, 1.807) is 30.9 Å². The Hall–Kier alpha value is -3.24. The van der Waals surface area contributed by atoms with Crippen molar-refractivity contribution in [3.05, 3.63) is 62.6 Å². The highest BCUT2D eigenvalue weighted by Crippen LogP contribution is 2.48. The molecule has 166 valence electrons. The molecule has 0 bridgehead atoms. The minimum absolute atomic E-state index is 0.0705. The number of nitrogens with zero attached hydrogens (tertiary/aromatic N) is 2. The fraction of sp³-hybridized carbons (Fsp3) is 0.227. The van der Waals surface area contributed by atoms with Gasteiger partial charge in [0, 0.05) is 23.6 Å². The van der Waals surface area contributed by atoms with E-state index in [0.717, 1.165) is 10.5 Å². The SMILES string of the molecule is COc1cc([C@@H]2CC(c3c(O)n(C)c(=S)[nH]c3=O)=Nc3ccccc3S2)cc(OC)c1O. The van der Waals surface area contributed by atoms with Crippen LogP contribution < -0.4 is 15.0 Å². The van der Waals surface area contributed by atoms with Gasteiger partial charge in [0.25, 0.3) is 5.56 Å². The Morgan fingerprint density at radius 2 is 1.84 bits per heavy atom. The number of aromatic hydroxyl groups is 2. The van der Waals surface area contributed by atoms with E-state index < -0.39 is 5.56 Å². The summed E-state index contributed by atoms with van der Waals surface area (Å²) in [5.41, 5.74) is 1.49. The summed E-state index contributed by atoms with van der Waals surface area (Å²) in [6.07, 6.45) is 0.323. The molecule has 3 N–H and O–H groups in total. The lowest BCUT2D eigenvalue weighted by molar-refractivity contribution is 0.339. The van der Waals surface area contributed by atoms with E-state index in [1.165, 1.54) is 18.8 Å². The first-order valence-corrected chi connectivity index (χ1v) is 10.9. The summed E-state index contributed by atoms with van der Waals surface area (Å²) in [7, 11) is 4.51. The third kappa shape index (κ3) is 3.87. The zero-order chi connectivity index (χ0) is 23.0. The van der Waals surface area contributed by atoms with Crippen LogP contribution in [0.1, 0.15) is 22.8 Å². The molecule has 1 atom stereocenters. The van der Waals surface area contributed by atoms with Crippen LogP contribution in [0.4, 0.5) is 5.69 Å². The van der Waals surface area contributed by atoms with Gasteiger partial charge in [-0.05, 0) is 42.0 Å². The standard InChI is InChI=1S/C22H21N3O5S2/c1-25-21(28)18(20(27)24-22(25)31)13-10-17(32-16-7-5-4-6-12(16)23-13)11-8-14(29-2)19(26)15(9-11)30-3/h4-9,17,26,28H,10H2,1-3H3,(H,24,27,31)/t17-/m0/s1. The molecule has 4 rings (SSSR count). The minimum Gasteiger partial charge on any atom is -0.502 e. The molecule has 0 saturated carbocycles. The number of hydrogen-bond acceptors (Lipinski definition) is 8. The first kappa shape index (κ1) is 22.0. The molecule has 1 aliphatic rings. The van der Waals surface area contributed by atoms with Gasteiger partial charge in [-0.2, -0.15) is 0 Å². The third-order valence-electron chi connectivity index (χ3n) is 5.22. The largest absolute Gasteiger partial charge is 0.502 e. The maximum absolute atomic E-state index is 12.8. The quantitative estimate of drug-likeness (QED) is 0.489. The molecule has 0 unspecified atom stereocenters. The van der Waals surface area contributed by atoms with Crippen LogP contribution in [0.25, 0.3) is 0 Å². The monoisotopic (exact) mass is 471 g/mol. The Morgan fingerprint density at radius 3 is 2.50 bits per heavy atom. The van der Waals surface area contributed by atoms with Crippen molar-refractivity contribution < 1.29 is 19.7 Å². The van der Waals surface area contributed by atoms with Gasteiger partial charge in [-0.25, -0.2) is 0 Å². The van der Waals surface area contributed by atoms with Crippen molar-refractivity contribution in [1.82, 2.24) is 9.55 Å². The van der Waals surface area contributed by atoms with E-state index in [-0.39, 0.29) is 38.7 Å². The lowest BCUT2D eigenvalue weighted by Gasteiger charge is -2.19. The van der Waals surface area contributed by atoms with Gasteiger partial charge in [0.1, 0.15) is 5.56 Å². The van der Waals surface area contributed by atoms with E-state index in [1.807, 2.05) is 24.3 Å². The van der Waals surface area contributed by atoms with Gasteiger partial charge in [0.2, 0.25) is 11.6 Å². The summed E-state index contributed by atoms with van der Waals surface area (Å²) in [6.45, 7) is 0. The molecule has 1 aromatic heterocycles. The fourth-order valence-corrected chi connectivity index (χ4v) is 4.91. The number of fused-ring (bicyclic) bond motifs is 1. The number of H-pyrrole nitrogens is 1. The Bertz CT molecular complexity index is 1320. The van der Waals surface area contributed by atoms with Gasteiger partial charge in [-0.1, -0.05) is 12.1 Å². The van der Waals surface area contributed by atoms with Gasteiger partial charge in [0.05, 0.1) is 25.6 Å². The molecule has 0 radical (unpaired) electrons. The third-order valence-corrected chi connectivity index (χ3v) is 6.92. The Balaban J connectivity index is 1.92. The zero-order valence-electron chi connectivity index (χ0n) is 17.6. The summed E-state index contributed by atoms with van der Waals surface area (Å²) in [5, 5.41) is 20.8. The molecule has 0 fully saturated rings. The van der Waals surface area contributed by atoms with Gasteiger partial charge in [-0.15, -0.1) is 11.8 Å². The number of aromatic nitrogens is 2. The number of aliphatic imine (C=N–C) groups is 1. The Labute approximate surface area is 193 Å². The van der Waals surface area contributed by atoms with Crippen LogP contribution in [0.15, 0.2) is 51.1 Å². The molecule has 2 aromatic carbocycles. The van der Waals surface area contributed by atoms with E-state index in [9.17, 15) is 15.0 Å². The zero-order valence-corrected chi connectivity index (χ0v) is 19.2. The van der Waals surface area contributed by atoms with Crippen molar-refractivity contribution in [2.24, 2.45) is 12.0 Å².